The third kappa shape index (κ3) is 4.37. The van der Waals surface area contributed by atoms with Crippen LogP contribution in [0.5, 0.6) is 17.2 Å². The number of nitrogens with one attached hydrogen (secondary N) is 1. The average Bonchev–Trinajstić information content (AvgIpc) is 3.17. The minimum absolute atomic E-state index is 0. The van der Waals surface area contributed by atoms with Crippen molar-refractivity contribution < 1.29 is 14.6 Å². The minimum Gasteiger partial charge on any atom is -0.506 e. The molecule has 2 aliphatic heterocycles. The number of fused-ring (bicyclic) bond motifs is 1. The number of phenolic OH excluding ortho intramolecular Hbond substituents is 1. The first kappa shape index (κ1) is 20.4. The molecule has 2 aromatic carbocycles. The monoisotopic (exact) mass is 496 g/mol. The van der Waals surface area contributed by atoms with Gasteiger partial charge in [0.05, 0.1) is 5.69 Å². The van der Waals surface area contributed by atoms with E-state index in [-0.39, 0.29) is 30.8 Å². The highest BCUT2D eigenvalue weighted by Crippen LogP contribution is 2.32. The summed E-state index contributed by atoms with van der Waals surface area (Å²) in [5, 5.41) is 13.5. The highest BCUT2D eigenvalue weighted by atomic mass is 127. The van der Waals surface area contributed by atoms with Gasteiger partial charge in [-0.2, -0.15) is 0 Å². The van der Waals surface area contributed by atoms with Gasteiger partial charge in [-0.3, -0.25) is 4.99 Å². The zero-order valence-corrected chi connectivity index (χ0v) is 18.1. The van der Waals surface area contributed by atoms with Gasteiger partial charge >= 0.3 is 0 Å². The largest absolute Gasteiger partial charge is 0.506 e. The number of phenols is 1. The maximum absolute atomic E-state index is 10.1. The summed E-state index contributed by atoms with van der Waals surface area (Å²) in [4.78, 5) is 8.87. The van der Waals surface area contributed by atoms with Gasteiger partial charge in [-0.25, -0.2) is 0 Å². The van der Waals surface area contributed by atoms with Gasteiger partial charge in [-0.05, 0) is 29.8 Å². The molecule has 4 rings (SSSR count). The fourth-order valence-corrected chi connectivity index (χ4v) is 3.46. The van der Waals surface area contributed by atoms with Crippen LogP contribution in [0.1, 0.15) is 5.56 Å². The van der Waals surface area contributed by atoms with Crippen molar-refractivity contribution >= 4 is 35.6 Å². The molecule has 0 saturated carbocycles. The van der Waals surface area contributed by atoms with E-state index in [1.54, 1.807) is 13.1 Å². The predicted molar refractivity (Wildman–Crippen MR) is 120 cm³/mol. The third-order valence-corrected chi connectivity index (χ3v) is 4.90. The van der Waals surface area contributed by atoms with E-state index in [1.807, 2.05) is 36.4 Å². The Bertz CT molecular complexity index is 838. The van der Waals surface area contributed by atoms with E-state index < -0.39 is 0 Å². The van der Waals surface area contributed by atoms with Crippen LogP contribution in [0.2, 0.25) is 0 Å². The zero-order valence-electron chi connectivity index (χ0n) is 15.8. The summed E-state index contributed by atoms with van der Waals surface area (Å²) in [5.41, 5.74) is 2.01. The Balaban J connectivity index is 0.00000225. The number of rotatable bonds is 3. The molecule has 0 unspecified atom stereocenters. The summed E-state index contributed by atoms with van der Waals surface area (Å²) < 4.78 is 10.8. The van der Waals surface area contributed by atoms with Crippen molar-refractivity contribution in [1.29, 1.82) is 0 Å². The summed E-state index contributed by atoms with van der Waals surface area (Å²) >= 11 is 0. The standard InChI is InChI=1S/C20H24N4O3.HI/c1-21-20(22-13-15-6-7-18-19(12-15)27-14-26-18)24-10-8-23(9-11-24)16-4-2-3-5-17(16)25;/h2-7,12,25H,8-11,13-14H2,1H3,(H,21,22);1H. The molecular formula is C20H25IN4O3. The molecule has 0 amide bonds. The Kier molecular flexibility index (Phi) is 6.71. The van der Waals surface area contributed by atoms with E-state index in [0.717, 1.165) is 54.9 Å². The molecule has 0 spiro atoms. The number of hydrogen-bond donors (Lipinski definition) is 2. The Morgan fingerprint density at radius 1 is 1.07 bits per heavy atom. The Morgan fingerprint density at radius 2 is 1.82 bits per heavy atom. The van der Waals surface area contributed by atoms with E-state index in [4.69, 9.17) is 9.47 Å². The van der Waals surface area contributed by atoms with E-state index in [9.17, 15) is 5.11 Å². The fraction of sp³-hybridized carbons (Fsp3) is 0.350. The van der Waals surface area contributed by atoms with Crippen molar-refractivity contribution in [2.45, 2.75) is 6.54 Å². The lowest BCUT2D eigenvalue weighted by Gasteiger charge is -2.37. The molecule has 7 nitrogen and oxygen atoms in total. The van der Waals surface area contributed by atoms with Crippen LogP contribution in [0, 0.1) is 0 Å². The van der Waals surface area contributed by atoms with Crippen molar-refractivity contribution in [3.8, 4) is 17.2 Å². The van der Waals surface area contributed by atoms with Gasteiger partial charge in [0, 0.05) is 39.8 Å². The van der Waals surface area contributed by atoms with Crippen LogP contribution in [-0.4, -0.2) is 56.0 Å². The summed E-state index contributed by atoms with van der Waals surface area (Å²) in [6, 6.07) is 13.4. The second kappa shape index (κ2) is 9.22. The molecule has 0 radical (unpaired) electrons. The fourth-order valence-electron chi connectivity index (χ4n) is 3.46. The number of aromatic hydroxyl groups is 1. The second-order valence-electron chi connectivity index (χ2n) is 6.55. The minimum atomic E-state index is 0. The average molecular weight is 496 g/mol. The molecule has 2 aromatic rings. The van der Waals surface area contributed by atoms with Gasteiger partial charge in [0.1, 0.15) is 5.75 Å². The van der Waals surface area contributed by atoms with Crippen molar-refractivity contribution in [2.24, 2.45) is 4.99 Å². The molecule has 2 aliphatic rings. The number of nitrogens with zero attached hydrogens (tertiary/aromatic N) is 3. The Labute approximate surface area is 182 Å². The summed E-state index contributed by atoms with van der Waals surface area (Å²) in [5.74, 6) is 2.80. The lowest BCUT2D eigenvalue weighted by atomic mass is 10.2. The van der Waals surface area contributed by atoms with Crippen molar-refractivity contribution in [3.05, 3.63) is 48.0 Å². The summed E-state index contributed by atoms with van der Waals surface area (Å²) in [6.07, 6.45) is 0. The predicted octanol–water partition coefficient (Wildman–Crippen LogP) is 2.64. The highest BCUT2D eigenvalue weighted by Gasteiger charge is 2.21. The van der Waals surface area contributed by atoms with Crippen molar-refractivity contribution in [2.75, 3.05) is 44.9 Å². The van der Waals surface area contributed by atoms with Crippen molar-refractivity contribution in [3.63, 3.8) is 0 Å². The van der Waals surface area contributed by atoms with Gasteiger partial charge < -0.3 is 29.7 Å². The molecular weight excluding hydrogens is 471 g/mol. The number of aliphatic imine (C=N–C) groups is 1. The van der Waals surface area contributed by atoms with Crippen LogP contribution in [0.3, 0.4) is 0 Å². The molecule has 0 aromatic heterocycles. The third-order valence-electron chi connectivity index (χ3n) is 4.90. The number of halogens is 1. The molecule has 2 heterocycles. The number of hydrogen-bond acceptors (Lipinski definition) is 5. The van der Waals surface area contributed by atoms with E-state index >= 15 is 0 Å². The van der Waals surface area contributed by atoms with Crippen LogP contribution >= 0.6 is 24.0 Å². The van der Waals surface area contributed by atoms with Crippen LogP contribution in [0.4, 0.5) is 5.69 Å². The number of guanidine groups is 1. The van der Waals surface area contributed by atoms with E-state index in [2.05, 4.69) is 20.1 Å². The van der Waals surface area contributed by atoms with Gasteiger partial charge in [0.2, 0.25) is 6.79 Å². The molecule has 0 aliphatic carbocycles. The van der Waals surface area contributed by atoms with Gasteiger partial charge in [0.15, 0.2) is 17.5 Å². The van der Waals surface area contributed by atoms with Gasteiger partial charge in [0.25, 0.3) is 0 Å². The van der Waals surface area contributed by atoms with Crippen molar-refractivity contribution in [1.82, 2.24) is 10.2 Å². The Morgan fingerprint density at radius 3 is 2.57 bits per heavy atom. The van der Waals surface area contributed by atoms with Gasteiger partial charge in [-0.15, -0.1) is 24.0 Å². The molecule has 8 heteroatoms. The summed E-state index contributed by atoms with van der Waals surface area (Å²) in [6.45, 7) is 4.31. The molecule has 28 heavy (non-hydrogen) atoms. The van der Waals surface area contributed by atoms with Crippen LogP contribution in [0.15, 0.2) is 47.5 Å². The molecule has 150 valence electrons. The number of ether oxygens (including phenoxy) is 2. The number of anilines is 1. The molecule has 0 bridgehead atoms. The van der Waals surface area contributed by atoms with Crippen LogP contribution < -0.4 is 19.7 Å². The highest BCUT2D eigenvalue weighted by molar-refractivity contribution is 14.0. The first-order valence-corrected chi connectivity index (χ1v) is 9.11. The number of para-hydroxylation sites is 2. The second-order valence-corrected chi connectivity index (χ2v) is 6.55. The van der Waals surface area contributed by atoms with E-state index in [0.29, 0.717) is 12.3 Å². The molecule has 1 fully saturated rings. The Hall–Kier alpha value is -2.36. The SMILES string of the molecule is CN=C(NCc1ccc2c(c1)OCO2)N1CCN(c2ccccc2O)CC1.I. The quantitative estimate of drug-likeness (QED) is 0.387. The topological polar surface area (TPSA) is 69.6 Å². The summed E-state index contributed by atoms with van der Waals surface area (Å²) in [7, 11) is 1.80. The van der Waals surface area contributed by atoms with Gasteiger partial charge in [-0.1, -0.05) is 18.2 Å². The first-order valence-electron chi connectivity index (χ1n) is 9.11. The number of benzene rings is 2. The normalized spacial score (nSPS) is 16.0. The lowest BCUT2D eigenvalue weighted by Crippen LogP contribution is -2.52. The lowest BCUT2D eigenvalue weighted by molar-refractivity contribution is 0.174. The molecule has 2 N–H and O–H groups in total. The number of piperazine rings is 1. The molecule has 0 atom stereocenters. The maximum Gasteiger partial charge on any atom is 0.231 e. The van der Waals surface area contributed by atoms with Crippen LogP contribution in [0.25, 0.3) is 0 Å². The molecule has 1 saturated heterocycles. The van der Waals surface area contributed by atoms with Crippen LogP contribution in [-0.2, 0) is 6.54 Å². The zero-order chi connectivity index (χ0) is 18.6. The maximum atomic E-state index is 10.1. The van der Waals surface area contributed by atoms with E-state index in [1.165, 1.54) is 0 Å². The first-order chi connectivity index (χ1) is 13.2. The smallest absolute Gasteiger partial charge is 0.231 e.